The fourth-order valence-electron chi connectivity index (χ4n) is 1.97. The van der Waals surface area contributed by atoms with Crippen LogP contribution >= 0.6 is 11.8 Å². The first-order valence-electron chi connectivity index (χ1n) is 6.93. The first-order valence-corrected chi connectivity index (χ1v) is 9.46. The molecule has 1 aromatic carbocycles. The van der Waals surface area contributed by atoms with Gasteiger partial charge in [-0.3, -0.25) is 4.79 Å². The first kappa shape index (κ1) is 18.2. The SMILES string of the molecule is Cc1cc(S(N)(=O)=O)cc(NC(=O)CSc2cccc[n+]2[O-])c1C. The summed E-state index contributed by atoms with van der Waals surface area (Å²) >= 11 is 1.09. The summed E-state index contributed by atoms with van der Waals surface area (Å²) in [7, 11) is -3.86. The maximum Gasteiger partial charge on any atom is 0.251 e. The Morgan fingerprint density at radius 3 is 2.67 bits per heavy atom. The number of amides is 1. The average Bonchev–Trinajstić information content (AvgIpc) is 2.50. The minimum atomic E-state index is -3.86. The van der Waals surface area contributed by atoms with E-state index < -0.39 is 10.0 Å². The largest absolute Gasteiger partial charge is 0.618 e. The molecule has 0 fully saturated rings. The number of sulfonamides is 1. The van der Waals surface area contributed by atoms with Crippen LogP contribution in [0.1, 0.15) is 11.1 Å². The third-order valence-electron chi connectivity index (χ3n) is 3.38. The number of rotatable bonds is 5. The van der Waals surface area contributed by atoms with E-state index in [0.717, 1.165) is 17.3 Å². The number of nitrogens with two attached hydrogens (primary N) is 1. The number of primary sulfonamides is 1. The molecule has 0 aliphatic heterocycles. The second-order valence-corrected chi connectivity index (χ2v) is 7.72. The molecule has 0 unspecified atom stereocenters. The molecule has 7 nitrogen and oxygen atoms in total. The van der Waals surface area contributed by atoms with E-state index in [2.05, 4.69) is 5.32 Å². The fourth-order valence-corrected chi connectivity index (χ4v) is 3.31. The highest BCUT2D eigenvalue weighted by Gasteiger charge is 2.15. The standard InChI is InChI=1S/C15H17N3O4S2/c1-10-7-12(24(16,21)22)8-13(11(10)2)17-14(19)9-23-15-5-3-4-6-18(15)20/h3-8H,9H2,1-2H3,(H,17,19)(H2,16,21,22). The lowest BCUT2D eigenvalue weighted by atomic mass is 10.1. The summed E-state index contributed by atoms with van der Waals surface area (Å²) in [4.78, 5) is 12.0. The van der Waals surface area contributed by atoms with Gasteiger partial charge in [0.2, 0.25) is 15.9 Å². The van der Waals surface area contributed by atoms with Gasteiger partial charge in [-0.1, -0.05) is 0 Å². The Morgan fingerprint density at radius 1 is 1.33 bits per heavy atom. The molecule has 0 aliphatic rings. The number of hydrogen-bond acceptors (Lipinski definition) is 5. The van der Waals surface area contributed by atoms with Crippen LogP contribution in [-0.2, 0) is 14.8 Å². The molecule has 0 saturated carbocycles. The van der Waals surface area contributed by atoms with E-state index in [1.807, 2.05) is 0 Å². The molecule has 24 heavy (non-hydrogen) atoms. The molecule has 0 saturated heterocycles. The van der Waals surface area contributed by atoms with Crippen LogP contribution in [0.25, 0.3) is 0 Å². The van der Waals surface area contributed by atoms with Gasteiger partial charge >= 0.3 is 0 Å². The molecular weight excluding hydrogens is 350 g/mol. The van der Waals surface area contributed by atoms with Crippen molar-refractivity contribution in [3.05, 3.63) is 52.9 Å². The second-order valence-electron chi connectivity index (χ2n) is 5.16. The van der Waals surface area contributed by atoms with Gasteiger partial charge in [0.15, 0.2) is 6.20 Å². The van der Waals surface area contributed by atoms with Gasteiger partial charge in [0.25, 0.3) is 5.03 Å². The number of anilines is 1. The average molecular weight is 367 g/mol. The first-order chi connectivity index (χ1) is 11.2. The molecule has 0 radical (unpaired) electrons. The molecule has 0 bridgehead atoms. The number of carbonyl (C=O) groups excluding carboxylic acids is 1. The van der Waals surface area contributed by atoms with Crippen LogP contribution in [0.2, 0.25) is 0 Å². The third-order valence-corrected chi connectivity index (χ3v) is 5.29. The summed E-state index contributed by atoms with van der Waals surface area (Å²) in [6.45, 7) is 3.51. The molecule has 0 aliphatic carbocycles. The number of pyridine rings is 1. The number of carbonyl (C=O) groups is 1. The molecule has 2 rings (SSSR count). The fraction of sp³-hybridized carbons (Fsp3) is 0.200. The number of aromatic nitrogens is 1. The highest BCUT2D eigenvalue weighted by Crippen LogP contribution is 2.24. The Bertz CT molecular complexity index is 882. The van der Waals surface area contributed by atoms with Crippen molar-refractivity contribution in [2.24, 2.45) is 5.14 Å². The maximum atomic E-state index is 12.1. The lowest BCUT2D eigenvalue weighted by molar-refractivity contribution is -0.645. The number of aryl methyl sites for hydroxylation is 1. The van der Waals surface area contributed by atoms with Crippen molar-refractivity contribution in [3.63, 3.8) is 0 Å². The van der Waals surface area contributed by atoms with Gasteiger partial charge in [-0.05, 0) is 54.9 Å². The summed E-state index contributed by atoms with van der Waals surface area (Å²) < 4.78 is 23.7. The molecule has 3 N–H and O–H groups in total. The summed E-state index contributed by atoms with van der Waals surface area (Å²) in [6, 6.07) is 7.71. The zero-order valence-electron chi connectivity index (χ0n) is 13.1. The molecule has 1 aromatic heterocycles. The van der Waals surface area contributed by atoms with Gasteiger partial charge in [-0.15, -0.1) is 0 Å². The molecule has 1 amide bonds. The second kappa shape index (κ2) is 7.20. The number of hydrogen-bond donors (Lipinski definition) is 2. The predicted molar refractivity (Wildman–Crippen MR) is 92.0 cm³/mol. The highest BCUT2D eigenvalue weighted by molar-refractivity contribution is 7.99. The van der Waals surface area contributed by atoms with Crippen molar-refractivity contribution in [2.75, 3.05) is 11.1 Å². The van der Waals surface area contributed by atoms with E-state index in [4.69, 9.17) is 5.14 Å². The van der Waals surface area contributed by atoms with Crippen LogP contribution in [0.3, 0.4) is 0 Å². The van der Waals surface area contributed by atoms with Crippen LogP contribution in [0.5, 0.6) is 0 Å². The Labute approximate surface area is 144 Å². The lowest BCUT2D eigenvalue weighted by Crippen LogP contribution is -2.28. The van der Waals surface area contributed by atoms with Crippen LogP contribution in [0.4, 0.5) is 5.69 Å². The van der Waals surface area contributed by atoms with E-state index in [1.165, 1.54) is 18.3 Å². The molecule has 0 atom stereocenters. The normalized spacial score (nSPS) is 11.3. The van der Waals surface area contributed by atoms with Crippen LogP contribution in [-0.4, -0.2) is 20.1 Å². The highest BCUT2D eigenvalue weighted by atomic mass is 32.2. The number of benzene rings is 1. The van der Waals surface area contributed by atoms with E-state index >= 15 is 0 Å². The van der Waals surface area contributed by atoms with Crippen LogP contribution < -0.4 is 15.2 Å². The van der Waals surface area contributed by atoms with Gasteiger partial charge in [-0.2, -0.15) is 4.73 Å². The van der Waals surface area contributed by atoms with E-state index in [1.54, 1.807) is 32.0 Å². The Kier molecular flexibility index (Phi) is 5.47. The topological polar surface area (TPSA) is 116 Å². The van der Waals surface area contributed by atoms with Crippen molar-refractivity contribution >= 4 is 33.4 Å². The summed E-state index contributed by atoms with van der Waals surface area (Å²) in [6.07, 6.45) is 1.35. The monoisotopic (exact) mass is 367 g/mol. The van der Waals surface area contributed by atoms with E-state index in [-0.39, 0.29) is 16.6 Å². The van der Waals surface area contributed by atoms with Crippen molar-refractivity contribution in [3.8, 4) is 0 Å². The molecular formula is C15H17N3O4S2. The maximum absolute atomic E-state index is 12.1. The predicted octanol–water partition coefficient (Wildman–Crippen LogP) is 1.32. The third kappa shape index (κ3) is 4.47. The Balaban J connectivity index is 2.14. The quantitative estimate of drug-likeness (QED) is 0.470. The Morgan fingerprint density at radius 2 is 2.04 bits per heavy atom. The van der Waals surface area contributed by atoms with Crippen LogP contribution in [0.15, 0.2) is 46.5 Å². The molecule has 1 heterocycles. The van der Waals surface area contributed by atoms with Crippen molar-refractivity contribution in [2.45, 2.75) is 23.8 Å². The minimum Gasteiger partial charge on any atom is -0.618 e. The molecule has 9 heteroatoms. The summed E-state index contributed by atoms with van der Waals surface area (Å²) in [5.41, 5.74) is 1.83. The van der Waals surface area contributed by atoms with E-state index in [0.29, 0.717) is 21.0 Å². The zero-order valence-corrected chi connectivity index (χ0v) is 14.8. The van der Waals surface area contributed by atoms with Crippen molar-refractivity contribution in [1.29, 1.82) is 0 Å². The molecule has 128 valence electrons. The Hall–Kier alpha value is -2.10. The van der Waals surface area contributed by atoms with Gasteiger partial charge < -0.3 is 10.5 Å². The van der Waals surface area contributed by atoms with Gasteiger partial charge in [0, 0.05) is 17.8 Å². The minimum absolute atomic E-state index is 0.0182. The summed E-state index contributed by atoms with van der Waals surface area (Å²) in [5, 5.41) is 19.7. The van der Waals surface area contributed by atoms with Crippen LogP contribution in [0, 0.1) is 19.1 Å². The number of nitrogens with one attached hydrogen (secondary N) is 1. The van der Waals surface area contributed by atoms with Gasteiger partial charge in [0.1, 0.15) is 0 Å². The lowest BCUT2D eigenvalue weighted by Gasteiger charge is -2.12. The van der Waals surface area contributed by atoms with Crippen molar-refractivity contribution in [1.82, 2.24) is 0 Å². The zero-order chi connectivity index (χ0) is 17.9. The molecule has 2 aromatic rings. The van der Waals surface area contributed by atoms with Gasteiger partial charge in [0.05, 0.1) is 10.6 Å². The molecule has 0 spiro atoms. The number of thioether (sulfide) groups is 1. The van der Waals surface area contributed by atoms with Gasteiger partial charge in [-0.25, -0.2) is 13.6 Å². The van der Waals surface area contributed by atoms with Crippen molar-refractivity contribution < 1.29 is 17.9 Å². The smallest absolute Gasteiger partial charge is 0.251 e. The number of nitrogens with zero attached hydrogens (tertiary/aromatic N) is 1. The summed E-state index contributed by atoms with van der Waals surface area (Å²) in [5.74, 6) is -0.331. The van der Waals surface area contributed by atoms with E-state index in [9.17, 15) is 18.4 Å².